The minimum atomic E-state index is -1.09. The molecule has 106 valence electrons. The topological polar surface area (TPSA) is 52.6 Å². The molecule has 1 unspecified atom stereocenters. The summed E-state index contributed by atoms with van der Waals surface area (Å²) >= 11 is 0. The second kappa shape index (κ2) is 4.36. The molecule has 19 heavy (non-hydrogen) atoms. The largest absolute Gasteiger partial charge is 0.463 e. The fourth-order valence-corrected chi connectivity index (χ4v) is 3.21. The lowest BCUT2D eigenvalue weighted by atomic mass is 9.66. The van der Waals surface area contributed by atoms with Gasteiger partial charge in [-0.05, 0) is 32.6 Å². The highest BCUT2D eigenvalue weighted by Crippen LogP contribution is 2.65. The molecule has 1 saturated heterocycles. The van der Waals surface area contributed by atoms with Crippen LogP contribution in [-0.2, 0) is 19.1 Å². The van der Waals surface area contributed by atoms with E-state index >= 15 is 0 Å². The fourth-order valence-electron chi connectivity index (χ4n) is 3.21. The van der Waals surface area contributed by atoms with Crippen molar-refractivity contribution < 1.29 is 19.1 Å². The minimum Gasteiger partial charge on any atom is -0.463 e. The van der Waals surface area contributed by atoms with E-state index in [0.717, 1.165) is 12.8 Å². The van der Waals surface area contributed by atoms with Crippen molar-refractivity contribution in [2.75, 3.05) is 6.61 Å². The summed E-state index contributed by atoms with van der Waals surface area (Å²) in [5, 5.41) is 0. The average Bonchev–Trinajstić information content (AvgIpc) is 2.65. The van der Waals surface area contributed by atoms with Crippen LogP contribution in [0.15, 0.2) is 12.7 Å². The van der Waals surface area contributed by atoms with Crippen molar-refractivity contribution in [3.05, 3.63) is 12.7 Å². The first kappa shape index (κ1) is 14.1. The van der Waals surface area contributed by atoms with Crippen LogP contribution in [0.5, 0.6) is 0 Å². The molecular weight excluding hydrogens is 244 g/mol. The Hall–Kier alpha value is -1.32. The number of carbonyl (C=O) groups excluding carboxylic acids is 2. The number of unbranched alkanes of at least 4 members (excludes halogenated alkanes) is 1. The molecule has 2 bridgehead atoms. The highest BCUT2D eigenvalue weighted by molar-refractivity contribution is 5.93. The fraction of sp³-hybridized carbons (Fsp3) is 0.733. The molecule has 2 rings (SSSR count). The van der Waals surface area contributed by atoms with Gasteiger partial charge >= 0.3 is 11.9 Å². The van der Waals surface area contributed by atoms with Gasteiger partial charge in [0, 0.05) is 5.41 Å². The van der Waals surface area contributed by atoms with Crippen LogP contribution >= 0.6 is 0 Å². The van der Waals surface area contributed by atoms with Crippen LogP contribution in [0.4, 0.5) is 0 Å². The summed E-state index contributed by atoms with van der Waals surface area (Å²) in [7, 11) is 0. The standard InChI is InChI=1S/C15H22O4/c1-5-6-7-10-18-12(17)15-9-8-14(4,11(16)19-15)13(15,2)3/h5H,1,6-10H2,2-4H3/t14?,15-/m1/s1. The number of rotatable bonds is 5. The predicted octanol–water partition coefficient (Wildman–Crippen LogP) is 2.62. The molecule has 2 atom stereocenters. The second-order valence-corrected chi connectivity index (χ2v) is 6.24. The van der Waals surface area contributed by atoms with Crippen LogP contribution < -0.4 is 0 Å². The quantitative estimate of drug-likeness (QED) is 0.436. The van der Waals surface area contributed by atoms with Gasteiger partial charge in [-0.25, -0.2) is 4.79 Å². The molecular formula is C15H22O4. The van der Waals surface area contributed by atoms with Crippen LogP contribution in [0.2, 0.25) is 0 Å². The van der Waals surface area contributed by atoms with E-state index in [1.807, 2.05) is 20.8 Å². The Morgan fingerprint density at radius 1 is 1.42 bits per heavy atom. The van der Waals surface area contributed by atoms with E-state index in [2.05, 4.69) is 6.58 Å². The monoisotopic (exact) mass is 266 g/mol. The predicted molar refractivity (Wildman–Crippen MR) is 70.3 cm³/mol. The van der Waals surface area contributed by atoms with Crippen LogP contribution in [0.25, 0.3) is 0 Å². The van der Waals surface area contributed by atoms with Gasteiger partial charge in [0.1, 0.15) is 0 Å². The molecule has 1 aliphatic carbocycles. The first-order valence-electron chi connectivity index (χ1n) is 6.83. The van der Waals surface area contributed by atoms with Crippen LogP contribution in [0, 0.1) is 10.8 Å². The molecule has 0 radical (unpaired) electrons. The maximum absolute atomic E-state index is 12.4. The van der Waals surface area contributed by atoms with E-state index in [1.165, 1.54) is 0 Å². The van der Waals surface area contributed by atoms with Crippen molar-refractivity contribution in [2.24, 2.45) is 10.8 Å². The molecule has 1 heterocycles. The lowest BCUT2D eigenvalue weighted by molar-refractivity contribution is -0.183. The zero-order valence-electron chi connectivity index (χ0n) is 12.0. The van der Waals surface area contributed by atoms with E-state index in [0.29, 0.717) is 19.4 Å². The molecule has 2 aliphatic rings. The van der Waals surface area contributed by atoms with Gasteiger partial charge in [0.15, 0.2) is 0 Å². The lowest BCUT2D eigenvalue weighted by Crippen LogP contribution is -2.48. The molecule has 1 saturated carbocycles. The molecule has 0 aromatic carbocycles. The number of hydrogen-bond acceptors (Lipinski definition) is 4. The summed E-state index contributed by atoms with van der Waals surface area (Å²) in [6.07, 6.45) is 4.58. The number of hydrogen-bond donors (Lipinski definition) is 0. The summed E-state index contributed by atoms with van der Waals surface area (Å²) < 4.78 is 10.8. The Morgan fingerprint density at radius 2 is 2.11 bits per heavy atom. The van der Waals surface area contributed by atoms with E-state index in [1.54, 1.807) is 6.08 Å². The zero-order chi connectivity index (χ0) is 14.3. The van der Waals surface area contributed by atoms with Crippen molar-refractivity contribution >= 4 is 11.9 Å². The molecule has 0 spiro atoms. The Bertz CT molecular complexity index is 426. The average molecular weight is 266 g/mol. The van der Waals surface area contributed by atoms with E-state index in [-0.39, 0.29) is 5.97 Å². The zero-order valence-corrected chi connectivity index (χ0v) is 12.0. The number of ether oxygens (including phenoxy) is 2. The maximum atomic E-state index is 12.4. The van der Waals surface area contributed by atoms with Crippen molar-refractivity contribution in [3.63, 3.8) is 0 Å². The smallest absolute Gasteiger partial charge is 0.351 e. The van der Waals surface area contributed by atoms with Crippen molar-refractivity contribution in [1.29, 1.82) is 0 Å². The van der Waals surface area contributed by atoms with Gasteiger partial charge in [-0.2, -0.15) is 0 Å². The maximum Gasteiger partial charge on any atom is 0.351 e. The normalized spacial score (nSPS) is 35.0. The van der Waals surface area contributed by atoms with Gasteiger partial charge in [0.25, 0.3) is 0 Å². The highest BCUT2D eigenvalue weighted by Gasteiger charge is 2.76. The number of allylic oxidation sites excluding steroid dienone is 1. The van der Waals surface area contributed by atoms with Gasteiger partial charge < -0.3 is 9.47 Å². The van der Waals surface area contributed by atoms with Gasteiger partial charge in [-0.1, -0.05) is 19.9 Å². The third kappa shape index (κ3) is 1.65. The molecule has 2 fully saturated rings. The third-order valence-electron chi connectivity index (χ3n) is 5.20. The third-order valence-corrected chi connectivity index (χ3v) is 5.20. The van der Waals surface area contributed by atoms with E-state index in [9.17, 15) is 9.59 Å². The van der Waals surface area contributed by atoms with Crippen LogP contribution in [0.1, 0.15) is 46.5 Å². The summed E-state index contributed by atoms with van der Waals surface area (Å²) in [5.74, 6) is -0.664. The van der Waals surface area contributed by atoms with Crippen LogP contribution in [0.3, 0.4) is 0 Å². The Labute approximate surface area is 114 Å². The van der Waals surface area contributed by atoms with Crippen molar-refractivity contribution in [1.82, 2.24) is 0 Å². The molecule has 0 amide bonds. The van der Waals surface area contributed by atoms with Gasteiger partial charge in [-0.3, -0.25) is 4.79 Å². The minimum absolute atomic E-state index is 0.271. The first-order chi connectivity index (χ1) is 8.82. The van der Waals surface area contributed by atoms with Crippen molar-refractivity contribution in [3.8, 4) is 0 Å². The summed E-state index contributed by atoms with van der Waals surface area (Å²) in [5.41, 5.74) is -2.19. The Kier molecular flexibility index (Phi) is 3.23. The molecule has 0 N–H and O–H groups in total. The molecule has 1 aliphatic heterocycles. The summed E-state index contributed by atoms with van der Waals surface area (Å²) in [6, 6.07) is 0. The number of fused-ring (bicyclic) bond motifs is 2. The van der Waals surface area contributed by atoms with Crippen molar-refractivity contribution in [2.45, 2.75) is 52.1 Å². The molecule has 4 nitrogen and oxygen atoms in total. The first-order valence-corrected chi connectivity index (χ1v) is 6.83. The Morgan fingerprint density at radius 3 is 2.58 bits per heavy atom. The summed E-state index contributed by atoms with van der Waals surface area (Å²) in [6.45, 7) is 9.70. The van der Waals surface area contributed by atoms with E-state index < -0.39 is 22.4 Å². The SMILES string of the molecule is C=CCCCOC(=O)[C@@]12CCC(C)(C(=O)O1)C2(C)C. The van der Waals surface area contributed by atoms with Gasteiger partial charge in [0.05, 0.1) is 12.0 Å². The second-order valence-electron chi connectivity index (χ2n) is 6.24. The Balaban J connectivity index is 2.13. The highest BCUT2D eigenvalue weighted by atomic mass is 16.6. The lowest BCUT2D eigenvalue weighted by Gasteiger charge is -2.34. The number of carbonyl (C=O) groups is 2. The van der Waals surface area contributed by atoms with Gasteiger partial charge in [-0.15, -0.1) is 6.58 Å². The van der Waals surface area contributed by atoms with Gasteiger partial charge in [0.2, 0.25) is 5.60 Å². The number of esters is 2. The molecule has 4 heteroatoms. The van der Waals surface area contributed by atoms with E-state index in [4.69, 9.17) is 9.47 Å². The molecule has 0 aromatic heterocycles. The molecule has 0 aromatic rings. The van der Waals surface area contributed by atoms with Crippen LogP contribution in [-0.4, -0.2) is 24.1 Å². The summed E-state index contributed by atoms with van der Waals surface area (Å²) in [4.78, 5) is 24.4.